The normalized spacial score (nSPS) is 18.9. The molecule has 1 unspecified atom stereocenters. The van der Waals surface area contributed by atoms with Crippen molar-refractivity contribution in [1.82, 2.24) is 25.0 Å². The summed E-state index contributed by atoms with van der Waals surface area (Å²) in [6, 6.07) is 12.2. The molecule has 2 aromatic heterocycles. The van der Waals surface area contributed by atoms with Crippen LogP contribution in [0.25, 0.3) is 17.0 Å². The van der Waals surface area contributed by atoms with Crippen LogP contribution in [0, 0.1) is 6.92 Å². The second-order valence-electron chi connectivity index (χ2n) is 8.33. The first kappa shape index (κ1) is 22.1. The number of aromatic nitrogens is 3. The Morgan fingerprint density at radius 2 is 1.88 bits per heavy atom. The van der Waals surface area contributed by atoms with Gasteiger partial charge in [-0.1, -0.05) is 18.2 Å². The maximum atomic E-state index is 5.90. The van der Waals surface area contributed by atoms with E-state index < -0.39 is 0 Å². The first-order valence-corrected chi connectivity index (χ1v) is 11.4. The molecular weight excluding hydrogens is 430 g/mol. The van der Waals surface area contributed by atoms with Crippen molar-refractivity contribution >= 4 is 17.2 Å². The molecule has 3 aromatic rings. The summed E-state index contributed by atoms with van der Waals surface area (Å²) in [5.74, 6) is 1.31. The summed E-state index contributed by atoms with van der Waals surface area (Å²) in [6.07, 6.45) is 5.28. The summed E-state index contributed by atoms with van der Waals surface area (Å²) >= 11 is 0. The van der Waals surface area contributed by atoms with Gasteiger partial charge in [0.1, 0.15) is 0 Å². The van der Waals surface area contributed by atoms with E-state index in [1.54, 1.807) is 19.5 Å². The molecule has 0 aliphatic carbocycles. The number of aliphatic imine (C=N–C) groups is 1. The van der Waals surface area contributed by atoms with Crippen LogP contribution in [0.4, 0.5) is 5.69 Å². The van der Waals surface area contributed by atoms with Gasteiger partial charge in [-0.3, -0.25) is 14.6 Å². The predicted molar refractivity (Wildman–Crippen MR) is 132 cm³/mol. The second-order valence-corrected chi connectivity index (χ2v) is 8.33. The molecule has 0 spiro atoms. The van der Waals surface area contributed by atoms with E-state index in [1.807, 2.05) is 36.1 Å². The fourth-order valence-electron chi connectivity index (χ4n) is 4.31. The van der Waals surface area contributed by atoms with Crippen LogP contribution in [-0.4, -0.2) is 65.2 Å². The fraction of sp³-hybridized carbons (Fsp3) is 0.320. The van der Waals surface area contributed by atoms with Crippen molar-refractivity contribution in [2.24, 2.45) is 12.0 Å². The first-order chi connectivity index (χ1) is 16.6. The van der Waals surface area contributed by atoms with Crippen molar-refractivity contribution < 1.29 is 9.47 Å². The minimum absolute atomic E-state index is 0.248. The second kappa shape index (κ2) is 9.66. The summed E-state index contributed by atoms with van der Waals surface area (Å²) in [6.45, 7) is 5.04. The molecule has 0 bridgehead atoms. The number of morpholine rings is 1. The number of methoxy groups -OCH3 is 1. The van der Waals surface area contributed by atoms with Crippen LogP contribution >= 0.6 is 0 Å². The number of nitrogens with one attached hydrogen (secondary N) is 2. The van der Waals surface area contributed by atoms with Crippen LogP contribution in [0.15, 0.2) is 65.7 Å². The van der Waals surface area contributed by atoms with E-state index in [4.69, 9.17) is 14.5 Å². The lowest BCUT2D eigenvalue weighted by molar-refractivity contribution is 0.0140. The maximum Gasteiger partial charge on any atom is 0.185 e. The topological polar surface area (TPSA) is 88.8 Å². The molecule has 9 nitrogen and oxygen atoms in total. The quantitative estimate of drug-likeness (QED) is 0.607. The number of ether oxygens (including phenoxy) is 2. The summed E-state index contributed by atoms with van der Waals surface area (Å²) in [4.78, 5) is 11.4. The monoisotopic (exact) mass is 459 g/mol. The number of hydrogen-bond donors (Lipinski definition) is 2. The van der Waals surface area contributed by atoms with Gasteiger partial charge in [0.05, 0.1) is 31.7 Å². The maximum absolute atomic E-state index is 5.90. The van der Waals surface area contributed by atoms with Crippen LogP contribution < -0.4 is 10.6 Å². The van der Waals surface area contributed by atoms with Crippen LogP contribution in [0.2, 0.25) is 0 Å². The summed E-state index contributed by atoms with van der Waals surface area (Å²) in [7, 11) is 3.61. The van der Waals surface area contributed by atoms with E-state index in [0.29, 0.717) is 24.8 Å². The number of nitrogens with zero attached hydrogens (tertiary/aromatic N) is 5. The smallest absolute Gasteiger partial charge is 0.185 e. The standard InChI is InChI=1S/C25H29N7O2/c1-17-16-31(2)30-21(17)18-5-4-6-19(15-18)22-23(33-3)24(27-20-7-9-26-10-8-20)29-25(28-22)32-11-13-34-14-12-32/h4-10,15-16,25,28H,11-14H2,1-3H3,(H,26,27,29). The largest absolute Gasteiger partial charge is 0.491 e. The highest BCUT2D eigenvalue weighted by atomic mass is 16.5. The SMILES string of the molecule is COC1=C(c2cccc(-c3nn(C)cc3C)c2)NC(N2CCOCC2)N=C1Nc1ccncc1. The molecule has 0 amide bonds. The van der Waals surface area contributed by atoms with E-state index >= 15 is 0 Å². The Hall–Kier alpha value is -3.69. The lowest BCUT2D eigenvalue weighted by Gasteiger charge is -2.36. The van der Waals surface area contributed by atoms with E-state index in [-0.39, 0.29) is 6.29 Å². The molecule has 0 radical (unpaired) electrons. The molecule has 2 N–H and O–H groups in total. The molecule has 2 aliphatic heterocycles. The van der Waals surface area contributed by atoms with E-state index in [0.717, 1.165) is 46.9 Å². The average Bonchev–Trinajstić information content (AvgIpc) is 3.22. The number of benzene rings is 1. The van der Waals surface area contributed by atoms with Gasteiger partial charge in [0.15, 0.2) is 17.9 Å². The van der Waals surface area contributed by atoms with Crippen LogP contribution in [0.1, 0.15) is 11.1 Å². The van der Waals surface area contributed by atoms with Gasteiger partial charge in [0, 0.05) is 55.5 Å². The number of hydrogen-bond acceptors (Lipinski definition) is 8. The van der Waals surface area contributed by atoms with E-state index in [9.17, 15) is 0 Å². The molecule has 1 aromatic carbocycles. The highest BCUT2D eigenvalue weighted by Crippen LogP contribution is 2.29. The molecule has 0 saturated carbocycles. The third kappa shape index (κ3) is 4.52. The van der Waals surface area contributed by atoms with Gasteiger partial charge in [-0.25, -0.2) is 4.99 Å². The molecule has 9 heteroatoms. The van der Waals surface area contributed by atoms with Gasteiger partial charge >= 0.3 is 0 Å². The number of pyridine rings is 1. The van der Waals surface area contributed by atoms with Gasteiger partial charge in [0.2, 0.25) is 0 Å². The number of anilines is 1. The van der Waals surface area contributed by atoms with Crippen molar-refractivity contribution in [2.75, 3.05) is 38.7 Å². The molecule has 2 aliphatic rings. The third-order valence-electron chi connectivity index (χ3n) is 5.94. The minimum Gasteiger partial charge on any atom is -0.491 e. The van der Waals surface area contributed by atoms with Crippen LogP contribution in [0.5, 0.6) is 0 Å². The Balaban J connectivity index is 1.56. The molecular formula is C25H29N7O2. The zero-order chi connectivity index (χ0) is 23.5. The molecule has 1 fully saturated rings. The molecule has 34 heavy (non-hydrogen) atoms. The zero-order valence-corrected chi connectivity index (χ0v) is 19.7. The van der Waals surface area contributed by atoms with Gasteiger partial charge in [-0.15, -0.1) is 0 Å². The molecule has 176 valence electrons. The molecule has 5 rings (SSSR count). The van der Waals surface area contributed by atoms with Crippen molar-refractivity contribution in [3.8, 4) is 11.3 Å². The fourth-order valence-corrected chi connectivity index (χ4v) is 4.31. The van der Waals surface area contributed by atoms with Crippen molar-refractivity contribution in [2.45, 2.75) is 13.2 Å². The van der Waals surface area contributed by atoms with Crippen molar-refractivity contribution in [1.29, 1.82) is 0 Å². The molecule has 4 heterocycles. The third-order valence-corrected chi connectivity index (χ3v) is 5.94. The lowest BCUT2D eigenvalue weighted by atomic mass is 10.0. The highest BCUT2D eigenvalue weighted by molar-refractivity contribution is 6.11. The Bertz CT molecular complexity index is 1210. The molecule has 1 atom stereocenters. The Morgan fingerprint density at radius 3 is 2.59 bits per heavy atom. The number of rotatable bonds is 5. The average molecular weight is 460 g/mol. The Kier molecular flexibility index (Phi) is 6.29. The highest BCUT2D eigenvalue weighted by Gasteiger charge is 2.30. The van der Waals surface area contributed by atoms with Gasteiger partial charge in [-0.05, 0) is 30.7 Å². The van der Waals surface area contributed by atoms with Gasteiger partial charge in [0.25, 0.3) is 0 Å². The zero-order valence-electron chi connectivity index (χ0n) is 19.7. The van der Waals surface area contributed by atoms with Crippen LogP contribution in [-0.2, 0) is 16.5 Å². The van der Waals surface area contributed by atoms with E-state index in [2.05, 4.69) is 50.7 Å². The van der Waals surface area contributed by atoms with Gasteiger partial charge < -0.3 is 20.1 Å². The number of amidine groups is 1. The Labute approximate surface area is 199 Å². The summed E-state index contributed by atoms with van der Waals surface area (Å²) in [5.41, 5.74) is 5.92. The van der Waals surface area contributed by atoms with Crippen LogP contribution in [0.3, 0.4) is 0 Å². The summed E-state index contributed by atoms with van der Waals surface area (Å²) < 4.78 is 13.3. The Morgan fingerprint density at radius 1 is 1.12 bits per heavy atom. The minimum atomic E-state index is -0.248. The lowest BCUT2D eigenvalue weighted by Crippen LogP contribution is -2.51. The van der Waals surface area contributed by atoms with Gasteiger partial charge in [-0.2, -0.15) is 5.10 Å². The van der Waals surface area contributed by atoms with Crippen molar-refractivity contribution in [3.63, 3.8) is 0 Å². The predicted octanol–water partition coefficient (Wildman–Crippen LogP) is 2.84. The number of aryl methyl sites for hydroxylation is 2. The van der Waals surface area contributed by atoms with Crippen molar-refractivity contribution in [3.05, 3.63) is 71.9 Å². The first-order valence-electron chi connectivity index (χ1n) is 11.4. The summed E-state index contributed by atoms with van der Waals surface area (Å²) in [5, 5.41) is 11.7. The molecule has 1 saturated heterocycles. The van der Waals surface area contributed by atoms with E-state index in [1.165, 1.54) is 0 Å².